The van der Waals surface area contributed by atoms with E-state index in [4.69, 9.17) is 15.0 Å². The maximum absolute atomic E-state index is 5.06. The number of rotatable bonds is 5. The van der Waals surface area contributed by atoms with Gasteiger partial charge in [-0.25, -0.2) is 15.0 Å². The summed E-state index contributed by atoms with van der Waals surface area (Å²) >= 11 is 1.88. The minimum atomic E-state index is -2.69. The molecule has 2 heterocycles. The lowest BCUT2D eigenvalue weighted by atomic mass is 10.1. The second kappa shape index (κ2) is 11.2. The maximum Gasteiger partial charge on any atom is 0.181 e. The lowest BCUT2D eigenvalue weighted by molar-refractivity contribution is 1.07. The first-order chi connectivity index (χ1) is 21.8. The van der Waals surface area contributed by atoms with E-state index in [0.717, 1.165) is 16.7 Å². The van der Waals surface area contributed by atoms with Crippen molar-refractivity contribution in [2.45, 2.75) is 9.79 Å². The molecule has 44 heavy (non-hydrogen) atoms. The van der Waals surface area contributed by atoms with Gasteiger partial charge in [0.2, 0.25) is 0 Å². The van der Waals surface area contributed by atoms with Crippen LogP contribution < -0.4 is 20.7 Å². The van der Waals surface area contributed by atoms with Gasteiger partial charge in [-0.1, -0.05) is 163 Å². The molecular formula is C39H27N3SSi. The molecule has 0 bridgehead atoms. The molecule has 0 spiro atoms. The number of hydrogen-bond donors (Lipinski definition) is 0. The van der Waals surface area contributed by atoms with Gasteiger partial charge in [-0.2, -0.15) is 0 Å². The summed E-state index contributed by atoms with van der Waals surface area (Å²) in [6.45, 7) is 0. The average Bonchev–Trinajstić information content (AvgIpc) is 3.11. The van der Waals surface area contributed by atoms with Gasteiger partial charge in [0, 0.05) is 26.5 Å². The molecule has 0 fully saturated rings. The van der Waals surface area contributed by atoms with Gasteiger partial charge >= 0.3 is 0 Å². The van der Waals surface area contributed by atoms with Crippen LogP contribution in [-0.4, -0.2) is 23.0 Å². The highest BCUT2D eigenvalue weighted by molar-refractivity contribution is 8.00. The highest BCUT2D eigenvalue weighted by Gasteiger charge is 2.46. The van der Waals surface area contributed by atoms with Gasteiger partial charge in [-0.3, -0.25) is 0 Å². The molecular weight excluding hydrogens is 571 g/mol. The van der Waals surface area contributed by atoms with E-state index in [0.29, 0.717) is 17.5 Å². The SMILES string of the molecule is c1ccc(-c2nc(-c3ccccc3)nc(-c3cccc([Si]4(c5ccccc5)c5ccccc5Sc5ccccc54)c3)n2)cc1. The van der Waals surface area contributed by atoms with E-state index >= 15 is 0 Å². The number of fused-ring (bicyclic) bond motifs is 2. The Morgan fingerprint density at radius 3 is 1.32 bits per heavy atom. The summed E-state index contributed by atoms with van der Waals surface area (Å²) in [5.74, 6) is 2.00. The average molecular weight is 598 g/mol. The molecule has 0 saturated carbocycles. The Kier molecular flexibility index (Phi) is 6.75. The summed E-state index contributed by atoms with van der Waals surface area (Å²) in [5.41, 5.74) is 2.91. The largest absolute Gasteiger partial charge is 0.208 e. The van der Waals surface area contributed by atoms with Crippen molar-refractivity contribution in [1.29, 1.82) is 0 Å². The molecule has 0 N–H and O–H groups in total. The smallest absolute Gasteiger partial charge is 0.181 e. The van der Waals surface area contributed by atoms with Crippen LogP contribution in [0, 0.1) is 0 Å². The Morgan fingerprint density at radius 1 is 0.364 bits per heavy atom. The summed E-state index contributed by atoms with van der Waals surface area (Å²) in [6.07, 6.45) is 0. The van der Waals surface area contributed by atoms with Crippen LogP contribution >= 0.6 is 11.8 Å². The number of nitrogens with zero attached hydrogens (tertiary/aromatic N) is 3. The minimum absolute atomic E-state index is 0.666. The van der Waals surface area contributed by atoms with Crippen molar-refractivity contribution in [2.24, 2.45) is 0 Å². The molecule has 0 amide bonds. The van der Waals surface area contributed by atoms with E-state index in [1.54, 1.807) is 0 Å². The molecule has 208 valence electrons. The Labute approximate surface area is 262 Å². The third-order valence-electron chi connectivity index (χ3n) is 8.26. The van der Waals surface area contributed by atoms with Crippen LogP contribution in [0.25, 0.3) is 34.2 Å². The highest BCUT2D eigenvalue weighted by Crippen LogP contribution is 2.33. The fourth-order valence-corrected chi connectivity index (χ4v) is 13.3. The van der Waals surface area contributed by atoms with Crippen molar-refractivity contribution in [2.75, 3.05) is 0 Å². The summed E-state index contributed by atoms with van der Waals surface area (Å²) in [4.78, 5) is 17.7. The first-order valence-corrected chi connectivity index (χ1v) is 17.5. The number of benzene rings is 6. The van der Waals surface area contributed by atoms with E-state index < -0.39 is 8.07 Å². The van der Waals surface area contributed by atoms with E-state index in [1.165, 1.54) is 30.5 Å². The Hall–Kier alpha value is -5.10. The topological polar surface area (TPSA) is 38.7 Å². The summed E-state index contributed by atoms with van der Waals surface area (Å²) in [6, 6.07) is 58.2. The van der Waals surface area contributed by atoms with Crippen LogP contribution in [-0.2, 0) is 0 Å². The molecule has 3 nitrogen and oxygen atoms in total. The molecule has 1 aliphatic rings. The third kappa shape index (κ3) is 4.49. The molecule has 0 aliphatic carbocycles. The van der Waals surface area contributed by atoms with E-state index in [-0.39, 0.29) is 0 Å². The molecule has 1 aromatic heterocycles. The second-order valence-electron chi connectivity index (χ2n) is 10.8. The second-order valence-corrected chi connectivity index (χ2v) is 15.6. The molecule has 6 aromatic carbocycles. The van der Waals surface area contributed by atoms with Gasteiger partial charge in [0.05, 0.1) is 0 Å². The van der Waals surface area contributed by atoms with Crippen molar-refractivity contribution in [3.8, 4) is 34.2 Å². The first-order valence-electron chi connectivity index (χ1n) is 14.7. The minimum Gasteiger partial charge on any atom is -0.208 e. The van der Waals surface area contributed by atoms with Crippen LogP contribution in [0.3, 0.4) is 0 Å². The summed E-state index contributed by atoms with van der Waals surface area (Å²) < 4.78 is 0. The van der Waals surface area contributed by atoms with Gasteiger partial charge in [0.1, 0.15) is 0 Å². The maximum atomic E-state index is 5.06. The van der Waals surface area contributed by atoms with Crippen LogP contribution in [0.1, 0.15) is 0 Å². The van der Waals surface area contributed by atoms with Crippen LogP contribution in [0.4, 0.5) is 0 Å². The Balaban J connectivity index is 1.39. The van der Waals surface area contributed by atoms with Crippen molar-refractivity contribution in [3.63, 3.8) is 0 Å². The van der Waals surface area contributed by atoms with Gasteiger partial charge in [-0.05, 0) is 32.9 Å². The zero-order chi connectivity index (χ0) is 29.3. The lowest BCUT2D eigenvalue weighted by Gasteiger charge is -2.40. The lowest BCUT2D eigenvalue weighted by Crippen LogP contribution is -2.76. The zero-order valence-electron chi connectivity index (χ0n) is 23.8. The summed E-state index contributed by atoms with van der Waals surface area (Å²) in [7, 11) is -2.69. The standard InChI is InChI=1S/C39H27N3SSi/c1-4-15-28(16-5-1)37-40-38(29-17-6-2-7-18-29)42-39(41-37)30-19-14-22-32(27-30)44(31-20-8-3-9-21-31)35-25-12-10-23-33(35)43-34-24-11-13-26-36(34)44/h1-27H. The molecule has 7 aromatic rings. The van der Waals surface area contributed by atoms with Crippen LogP contribution in [0.2, 0.25) is 0 Å². The van der Waals surface area contributed by atoms with Crippen molar-refractivity contribution in [3.05, 3.63) is 164 Å². The molecule has 1 aliphatic heterocycles. The van der Waals surface area contributed by atoms with Gasteiger partial charge in [0.15, 0.2) is 25.5 Å². The normalized spacial score (nSPS) is 13.1. The zero-order valence-corrected chi connectivity index (χ0v) is 25.7. The first kappa shape index (κ1) is 26.5. The molecule has 0 radical (unpaired) electrons. The Bertz CT molecular complexity index is 2000. The van der Waals surface area contributed by atoms with Gasteiger partial charge in [0.25, 0.3) is 0 Å². The highest BCUT2D eigenvalue weighted by atomic mass is 32.2. The molecule has 0 saturated heterocycles. The summed E-state index contributed by atoms with van der Waals surface area (Å²) in [5, 5.41) is 5.50. The third-order valence-corrected chi connectivity index (χ3v) is 14.6. The number of hydrogen-bond acceptors (Lipinski definition) is 4. The predicted octanol–water partition coefficient (Wildman–Crippen LogP) is 6.71. The number of aromatic nitrogens is 3. The van der Waals surface area contributed by atoms with E-state index in [9.17, 15) is 0 Å². The van der Waals surface area contributed by atoms with Crippen LogP contribution in [0.15, 0.2) is 174 Å². The molecule has 0 atom stereocenters. The van der Waals surface area contributed by atoms with E-state index in [1.807, 2.05) is 48.2 Å². The van der Waals surface area contributed by atoms with Gasteiger partial charge in [-0.15, -0.1) is 0 Å². The molecule has 5 heteroatoms. The van der Waals surface area contributed by atoms with Gasteiger partial charge < -0.3 is 0 Å². The monoisotopic (exact) mass is 597 g/mol. The predicted molar refractivity (Wildman–Crippen MR) is 184 cm³/mol. The fraction of sp³-hybridized carbons (Fsp3) is 0. The van der Waals surface area contributed by atoms with E-state index in [2.05, 4.69) is 127 Å². The fourth-order valence-electron chi connectivity index (χ4n) is 6.30. The van der Waals surface area contributed by atoms with Crippen molar-refractivity contribution in [1.82, 2.24) is 15.0 Å². The molecule has 0 unspecified atom stereocenters. The van der Waals surface area contributed by atoms with Crippen LogP contribution in [0.5, 0.6) is 0 Å². The van der Waals surface area contributed by atoms with Crippen molar-refractivity contribution < 1.29 is 0 Å². The van der Waals surface area contributed by atoms with Crippen molar-refractivity contribution >= 4 is 40.6 Å². The Morgan fingerprint density at radius 2 is 0.773 bits per heavy atom. The quantitative estimate of drug-likeness (QED) is 0.207. The molecule has 8 rings (SSSR count).